The van der Waals surface area contributed by atoms with Crippen molar-refractivity contribution in [2.24, 2.45) is 0 Å². The van der Waals surface area contributed by atoms with E-state index in [1.165, 1.54) is 0 Å². The summed E-state index contributed by atoms with van der Waals surface area (Å²) in [4.78, 5) is 23.9. The molecule has 8 heteroatoms. The lowest BCUT2D eigenvalue weighted by Crippen LogP contribution is -2.16. The zero-order valence-corrected chi connectivity index (χ0v) is 22.0. The molecule has 8 nitrogen and oxygen atoms in total. The summed E-state index contributed by atoms with van der Waals surface area (Å²) >= 11 is 0. The van der Waals surface area contributed by atoms with Gasteiger partial charge in [-0.05, 0) is 87.1 Å². The maximum atomic E-state index is 12.0. The van der Waals surface area contributed by atoms with Crippen LogP contribution < -0.4 is 18.9 Å². The third-order valence-corrected chi connectivity index (χ3v) is 6.29. The molecule has 4 rings (SSSR count). The first kappa shape index (κ1) is 27.1. The fourth-order valence-electron chi connectivity index (χ4n) is 4.11. The third-order valence-electron chi connectivity index (χ3n) is 6.29. The van der Waals surface area contributed by atoms with Gasteiger partial charge in [-0.25, -0.2) is 9.59 Å². The van der Waals surface area contributed by atoms with E-state index in [0.717, 1.165) is 59.5 Å². The van der Waals surface area contributed by atoms with Crippen molar-refractivity contribution in [2.45, 2.75) is 39.5 Å². The van der Waals surface area contributed by atoms with Crippen LogP contribution in [0.3, 0.4) is 0 Å². The molecule has 0 aliphatic carbocycles. The van der Waals surface area contributed by atoms with E-state index in [9.17, 15) is 9.59 Å². The Hall–Kier alpha value is -3.94. The molecule has 2 aromatic carbocycles. The lowest BCUT2D eigenvalue weighted by Gasteiger charge is -2.17. The summed E-state index contributed by atoms with van der Waals surface area (Å²) in [6, 6.07) is 11.1. The molecule has 0 unspecified atom stereocenters. The summed E-state index contributed by atoms with van der Waals surface area (Å²) in [5.74, 6) is 1.83. The van der Waals surface area contributed by atoms with Crippen LogP contribution in [0.25, 0.3) is 11.1 Å². The van der Waals surface area contributed by atoms with Gasteiger partial charge in [0, 0.05) is 23.3 Å². The number of benzene rings is 2. The summed E-state index contributed by atoms with van der Waals surface area (Å²) in [5, 5.41) is 0. The molecule has 2 aliphatic heterocycles. The molecule has 0 spiro atoms. The molecule has 0 fully saturated rings. The molecule has 202 valence electrons. The molecule has 0 amide bonds. The third kappa shape index (κ3) is 7.78. The molecule has 0 N–H and O–H groups in total. The first-order valence-electron chi connectivity index (χ1n) is 12.9. The number of hydrogen-bond acceptors (Lipinski definition) is 8. The molecule has 2 heterocycles. The van der Waals surface area contributed by atoms with E-state index >= 15 is 0 Å². The molecular weight excluding hydrogens is 488 g/mol. The number of unbranched alkanes of at least 4 members (excludes halogenated alkanes) is 3. The molecule has 0 saturated carbocycles. The number of ether oxygens (including phenoxy) is 6. The number of carbonyl (C=O) groups excluding carboxylic acids is 2. The normalized spacial score (nSPS) is 13.5. The van der Waals surface area contributed by atoms with E-state index in [2.05, 4.69) is 0 Å². The minimum Gasteiger partial charge on any atom is -0.489 e. The Morgan fingerprint density at radius 3 is 1.58 bits per heavy atom. The highest BCUT2D eigenvalue weighted by Gasteiger charge is 2.14. The average Bonchev–Trinajstić information content (AvgIpc) is 2.92. The van der Waals surface area contributed by atoms with Gasteiger partial charge in [-0.3, -0.25) is 0 Å². The monoisotopic (exact) mass is 522 g/mol. The highest BCUT2D eigenvalue weighted by Crippen LogP contribution is 2.33. The Morgan fingerprint density at radius 1 is 0.684 bits per heavy atom. The SMILES string of the molecule is CC1=CCOc2cc(OCC(=O)OCCCCCCOC(=O)COc3ccc4c(c3)OCC=C4C)ccc21. The highest BCUT2D eigenvalue weighted by molar-refractivity contribution is 5.74. The Kier molecular flexibility index (Phi) is 9.67. The van der Waals surface area contributed by atoms with E-state index in [4.69, 9.17) is 28.4 Å². The first-order chi connectivity index (χ1) is 18.5. The van der Waals surface area contributed by atoms with Crippen LogP contribution >= 0.6 is 0 Å². The second-order valence-electron chi connectivity index (χ2n) is 9.14. The number of allylic oxidation sites excluding steroid dienone is 2. The zero-order valence-electron chi connectivity index (χ0n) is 22.0. The fourth-order valence-corrected chi connectivity index (χ4v) is 4.11. The topological polar surface area (TPSA) is 89.5 Å². The van der Waals surface area contributed by atoms with Crippen molar-refractivity contribution in [3.63, 3.8) is 0 Å². The summed E-state index contributed by atoms with van der Waals surface area (Å²) in [5.41, 5.74) is 4.38. The molecular formula is C30H34O8. The van der Waals surface area contributed by atoms with E-state index in [1.807, 2.05) is 50.3 Å². The van der Waals surface area contributed by atoms with Gasteiger partial charge < -0.3 is 28.4 Å². The van der Waals surface area contributed by atoms with Crippen molar-refractivity contribution in [3.05, 3.63) is 59.7 Å². The summed E-state index contributed by atoms with van der Waals surface area (Å²) < 4.78 is 32.8. The van der Waals surface area contributed by atoms with Crippen molar-refractivity contribution in [2.75, 3.05) is 39.6 Å². The van der Waals surface area contributed by atoms with Crippen LogP contribution in [0.5, 0.6) is 23.0 Å². The van der Waals surface area contributed by atoms with Crippen LogP contribution in [0.1, 0.15) is 50.7 Å². The molecule has 38 heavy (non-hydrogen) atoms. The second kappa shape index (κ2) is 13.6. The van der Waals surface area contributed by atoms with Crippen molar-refractivity contribution >= 4 is 23.1 Å². The summed E-state index contributed by atoms with van der Waals surface area (Å²) in [6.07, 6.45) is 7.23. The molecule has 0 atom stereocenters. The molecule has 0 aromatic heterocycles. The molecule has 0 radical (unpaired) electrons. The van der Waals surface area contributed by atoms with Crippen molar-refractivity contribution in [1.29, 1.82) is 0 Å². The van der Waals surface area contributed by atoms with E-state index in [-0.39, 0.29) is 13.2 Å². The van der Waals surface area contributed by atoms with Gasteiger partial charge in [-0.15, -0.1) is 0 Å². The minimum atomic E-state index is -0.411. The van der Waals surface area contributed by atoms with Crippen LogP contribution in [0.2, 0.25) is 0 Å². The Bertz CT molecular complexity index is 1100. The number of esters is 2. The molecule has 2 aliphatic rings. The minimum absolute atomic E-state index is 0.152. The number of hydrogen-bond donors (Lipinski definition) is 0. The molecule has 0 bridgehead atoms. The van der Waals surface area contributed by atoms with Crippen molar-refractivity contribution in [3.8, 4) is 23.0 Å². The number of carbonyl (C=O) groups is 2. The molecule has 2 aromatic rings. The van der Waals surface area contributed by atoms with Crippen LogP contribution in [0.15, 0.2) is 48.6 Å². The Balaban J connectivity index is 1.01. The van der Waals surface area contributed by atoms with Gasteiger partial charge in [-0.2, -0.15) is 0 Å². The predicted molar refractivity (Wildman–Crippen MR) is 143 cm³/mol. The van der Waals surface area contributed by atoms with Gasteiger partial charge in [0.25, 0.3) is 0 Å². The largest absolute Gasteiger partial charge is 0.489 e. The second-order valence-corrected chi connectivity index (χ2v) is 9.14. The van der Waals surface area contributed by atoms with E-state index < -0.39 is 11.9 Å². The number of rotatable bonds is 13. The van der Waals surface area contributed by atoms with Gasteiger partial charge in [-0.1, -0.05) is 0 Å². The lowest BCUT2D eigenvalue weighted by molar-refractivity contribution is -0.147. The van der Waals surface area contributed by atoms with Gasteiger partial charge in [0.05, 0.1) is 13.2 Å². The standard InChI is InChI=1S/C30H34O8/c1-21-11-15-33-27-17-23(7-9-25(21)27)37-19-29(31)35-13-5-3-4-6-14-36-30(32)20-38-24-8-10-26-22(2)12-16-34-28(26)18-24/h7-12,17-18H,3-6,13-16,19-20H2,1-2H3. The smallest absolute Gasteiger partial charge is 0.344 e. The fraction of sp³-hybridized carbons (Fsp3) is 0.400. The van der Waals surface area contributed by atoms with E-state index in [1.54, 1.807) is 12.1 Å². The van der Waals surface area contributed by atoms with Crippen LogP contribution in [0, 0.1) is 0 Å². The van der Waals surface area contributed by atoms with Gasteiger partial charge >= 0.3 is 11.9 Å². The average molecular weight is 523 g/mol. The van der Waals surface area contributed by atoms with Gasteiger partial charge in [0.2, 0.25) is 0 Å². The van der Waals surface area contributed by atoms with Crippen LogP contribution in [0.4, 0.5) is 0 Å². The highest BCUT2D eigenvalue weighted by atomic mass is 16.6. The Labute approximate surface area is 223 Å². The quantitative estimate of drug-likeness (QED) is 0.256. The Morgan fingerprint density at radius 2 is 1.13 bits per heavy atom. The van der Waals surface area contributed by atoms with Crippen LogP contribution in [-0.2, 0) is 19.1 Å². The predicted octanol–water partition coefficient (Wildman–Crippen LogP) is 5.38. The zero-order chi connectivity index (χ0) is 26.7. The van der Waals surface area contributed by atoms with Crippen molar-refractivity contribution < 1.29 is 38.0 Å². The first-order valence-corrected chi connectivity index (χ1v) is 12.9. The van der Waals surface area contributed by atoms with Crippen molar-refractivity contribution in [1.82, 2.24) is 0 Å². The summed E-state index contributed by atoms with van der Waals surface area (Å²) in [7, 11) is 0. The van der Waals surface area contributed by atoms with Gasteiger partial charge in [0.1, 0.15) is 36.2 Å². The van der Waals surface area contributed by atoms with Crippen LogP contribution in [-0.4, -0.2) is 51.6 Å². The van der Waals surface area contributed by atoms with E-state index in [0.29, 0.717) is 37.9 Å². The maximum absolute atomic E-state index is 12.0. The summed E-state index contributed by atoms with van der Waals surface area (Å²) in [6.45, 7) is 5.49. The van der Waals surface area contributed by atoms with Gasteiger partial charge in [0.15, 0.2) is 13.2 Å². The maximum Gasteiger partial charge on any atom is 0.344 e. The molecule has 0 saturated heterocycles. The number of fused-ring (bicyclic) bond motifs is 2. The lowest BCUT2D eigenvalue weighted by atomic mass is 10.0.